The van der Waals surface area contributed by atoms with E-state index >= 15 is 0 Å². The Morgan fingerprint density at radius 2 is 2.35 bits per heavy atom. The van der Waals surface area contributed by atoms with Crippen LogP contribution in [0.3, 0.4) is 0 Å². The Kier molecular flexibility index (Phi) is 3.79. The van der Waals surface area contributed by atoms with E-state index in [9.17, 15) is 5.26 Å². The number of nitrogens with zero attached hydrogens (tertiary/aromatic N) is 2. The van der Waals surface area contributed by atoms with Gasteiger partial charge in [-0.1, -0.05) is 25.1 Å². The van der Waals surface area contributed by atoms with Crippen molar-refractivity contribution in [3.63, 3.8) is 0 Å². The van der Waals surface area contributed by atoms with Gasteiger partial charge in [0.15, 0.2) is 0 Å². The summed E-state index contributed by atoms with van der Waals surface area (Å²) in [6.45, 7) is 2.07. The van der Waals surface area contributed by atoms with Crippen molar-refractivity contribution < 1.29 is 0 Å². The van der Waals surface area contributed by atoms with Crippen molar-refractivity contribution >= 4 is 11.8 Å². The molecule has 2 aromatic rings. The highest BCUT2D eigenvalue weighted by molar-refractivity contribution is 7.99. The van der Waals surface area contributed by atoms with E-state index in [1.807, 2.05) is 24.3 Å². The number of hydrogen-bond acceptors (Lipinski definition) is 3. The first kappa shape index (κ1) is 11.7. The fraction of sp³-hybridized carbons (Fsp3) is 0.143. The summed E-state index contributed by atoms with van der Waals surface area (Å²) in [6.07, 6.45) is 3.50. The normalized spacial score (nSPS) is 9.88. The molecule has 0 aliphatic heterocycles. The van der Waals surface area contributed by atoms with Crippen LogP contribution in [0, 0.1) is 17.4 Å². The first-order valence-electron chi connectivity index (χ1n) is 5.34. The zero-order valence-corrected chi connectivity index (χ0v) is 10.3. The van der Waals surface area contributed by atoms with Gasteiger partial charge >= 0.3 is 0 Å². The van der Waals surface area contributed by atoms with E-state index in [2.05, 4.69) is 24.0 Å². The maximum Gasteiger partial charge on any atom is 0.101 e. The van der Waals surface area contributed by atoms with Crippen LogP contribution in [0.15, 0.2) is 41.6 Å². The van der Waals surface area contributed by atoms with E-state index < -0.39 is 0 Å². The number of hydrogen-bond donors (Lipinski definition) is 0. The van der Waals surface area contributed by atoms with Gasteiger partial charge in [-0.05, 0) is 17.9 Å². The quantitative estimate of drug-likeness (QED) is 0.769. The molecular weight excluding hydrogens is 228 g/mol. The Labute approximate surface area is 105 Å². The van der Waals surface area contributed by atoms with E-state index in [1.165, 1.54) is 0 Å². The van der Waals surface area contributed by atoms with Crippen molar-refractivity contribution in [2.75, 3.05) is 5.75 Å². The van der Waals surface area contributed by atoms with Gasteiger partial charge in [-0.25, -0.2) is 0 Å². The highest BCUT2D eigenvalue weighted by atomic mass is 32.2. The molecule has 3 heteroatoms. The number of rotatable bonds is 3. The minimum absolute atomic E-state index is 0.687. The van der Waals surface area contributed by atoms with Gasteiger partial charge in [0.25, 0.3) is 0 Å². The molecule has 0 unspecified atom stereocenters. The summed E-state index contributed by atoms with van der Waals surface area (Å²) in [5.41, 5.74) is 2.58. The van der Waals surface area contributed by atoms with Crippen LogP contribution in [-0.2, 0) is 0 Å². The number of benzene rings is 1. The largest absolute Gasteiger partial charge is 0.264 e. The van der Waals surface area contributed by atoms with E-state index in [0.29, 0.717) is 5.56 Å². The molecule has 1 aromatic heterocycles. The predicted octanol–water partition coefficient (Wildman–Crippen LogP) is 3.53. The van der Waals surface area contributed by atoms with Crippen LogP contribution in [0.2, 0.25) is 0 Å². The monoisotopic (exact) mass is 239 g/mol. The van der Waals surface area contributed by atoms with Crippen LogP contribution in [0.1, 0.15) is 12.5 Å². The van der Waals surface area contributed by atoms with E-state index in [0.717, 1.165) is 21.8 Å². The van der Waals surface area contributed by atoms with Crippen molar-refractivity contribution in [1.82, 2.24) is 4.98 Å². The Morgan fingerprint density at radius 1 is 1.47 bits per heavy atom. The molecule has 0 spiro atoms. The first-order valence-corrected chi connectivity index (χ1v) is 6.33. The highest BCUT2D eigenvalue weighted by Gasteiger charge is 2.09. The molecule has 83 valence electrons. The molecule has 0 fully saturated rings. The third-order valence-corrected chi connectivity index (χ3v) is 3.23. The fourth-order valence-corrected chi connectivity index (χ4v) is 2.35. The second-order valence-electron chi connectivity index (χ2n) is 3.38. The summed E-state index contributed by atoms with van der Waals surface area (Å²) < 4.78 is 0. The molecule has 1 aromatic carbocycles. The average Bonchev–Trinajstić information content (AvgIpc) is 2.40. The lowest BCUT2D eigenvalue weighted by Gasteiger charge is -2.07. The van der Waals surface area contributed by atoms with Gasteiger partial charge in [0.2, 0.25) is 0 Å². The Balaban J connectivity index is 2.56. The van der Waals surface area contributed by atoms with Crippen molar-refractivity contribution in [3.05, 3.63) is 48.3 Å². The van der Waals surface area contributed by atoms with Crippen LogP contribution >= 0.6 is 11.8 Å². The molecule has 1 heterocycles. The van der Waals surface area contributed by atoms with Crippen LogP contribution in [0.25, 0.3) is 11.1 Å². The van der Waals surface area contributed by atoms with Crippen molar-refractivity contribution in [2.24, 2.45) is 0 Å². The molecule has 0 N–H and O–H groups in total. The van der Waals surface area contributed by atoms with Gasteiger partial charge in [-0.15, -0.1) is 11.8 Å². The van der Waals surface area contributed by atoms with E-state index in [-0.39, 0.29) is 0 Å². The predicted molar refractivity (Wildman–Crippen MR) is 69.6 cm³/mol. The van der Waals surface area contributed by atoms with Crippen molar-refractivity contribution in [1.29, 1.82) is 5.26 Å². The third-order valence-electron chi connectivity index (χ3n) is 2.33. The summed E-state index contributed by atoms with van der Waals surface area (Å²) in [5, 5.41) is 9.28. The molecule has 0 saturated heterocycles. The third kappa shape index (κ3) is 2.48. The lowest BCUT2D eigenvalue weighted by molar-refractivity contribution is 1.30. The van der Waals surface area contributed by atoms with Crippen LogP contribution < -0.4 is 0 Å². The summed E-state index contributed by atoms with van der Waals surface area (Å²) in [7, 11) is 0. The van der Waals surface area contributed by atoms with E-state index in [1.54, 1.807) is 24.2 Å². The molecule has 0 aliphatic carbocycles. The Hall–Kier alpha value is -1.79. The van der Waals surface area contributed by atoms with Gasteiger partial charge < -0.3 is 0 Å². The van der Waals surface area contributed by atoms with Crippen molar-refractivity contribution in [2.45, 2.75) is 11.8 Å². The van der Waals surface area contributed by atoms with Crippen molar-refractivity contribution in [3.8, 4) is 17.2 Å². The van der Waals surface area contributed by atoms with Gasteiger partial charge in [-0.3, -0.25) is 4.98 Å². The number of pyridine rings is 1. The maximum atomic E-state index is 9.28. The minimum atomic E-state index is 0.687. The summed E-state index contributed by atoms with van der Waals surface area (Å²) in [4.78, 5) is 5.00. The molecule has 0 atom stereocenters. The topological polar surface area (TPSA) is 36.7 Å². The zero-order chi connectivity index (χ0) is 12.1. The number of thioether (sulfide) groups is 1. The molecule has 17 heavy (non-hydrogen) atoms. The van der Waals surface area contributed by atoms with Gasteiger partial charge in [0.1, 0.15) is 6.07 Å². The first-order chi connectivity index (χ1) is 8.36. The molecule has 0 bridgehead atoms. The molecule has 2 nitrogen and oxygen atoms in total. The molecule has 0 aliphatic rings. The summed E-state index contributed by atoms with van der Waals surface area (Å²) in [6, 6.07) is 13.0. The molecule has 0 saturated carbocycles. The fourth-order valence-electron chi connectivity index (χ4n) is 1.61. The van der Waals surface area contributed by atoms with Crippen LogP contribution in [0.5, 0.6) is 0 Å². The second-order valence-corrected chi connectivity index (χ2v) is 4.66. The highest BCUT2D eigenvalue weighted by Crippen LogP contribution is 2.30. The molecular formula is C14H11N2S. The maximum absolute atomic E-state index is 9.28. The molecule has 0 amide bonds. The van der Waals surface area contributed by atoms with Crippen LogP contribution in [-0.4, -0.2) is 10.7 Å². The van der Waals surface area contributed by atoms with Gasteiger partial charge in [0.05, 0.1) is 5.56 Å². The summed E-state index contributed by atoms with van der Waals surface area (Å²) in [5.74, 6) is 0.932. The standard InChI is InChI=1S/C14H11N2S/c1-2-17-14-7-3-6-12(13(14)9-15)11-5-4-8-16-10-11/h3-6,8,10H,2H2,1H3. The second kappa shape index (κ2) is 5.51. The number of aromatic nitrogens is 1. The van der Waals surface area contributed by atoms with Gasteiger partial charge in [-0.2, -0.15) is 5.26 Å². The lowest BCUT2D eigenvalue weighted by Crippen LogP contribution is -1.89. The Bertz CT molecular complexity index is 544. The smallest absolute Gasteiger partial charge is 0.101 e. The minimum Gasteiger partial charge on any atom is -0.264 e. The van der Waals surface area contributed by atoms with E-state index in [4.69, 9.17) is 0 Å². The average molecular weight is 239 g/mol. The zero-order valence-electron chi connectivity index (χ0n) is 9.47. The Morgan fingerprint density at radius 3 is 3.00 bits per heavy atom. The summed E-state index contributed by atoms with van der Waals surface area (Å²) >= 11 is 1.64. The number of nitriles is 1. The SMILES string of the molecule is CCSc1[c]ccc(-c2cccnc2)c1C#N. The van der Waals surface area contributed by atoms with Crippen LogP contribution in [0.4, 0.5) is 0 Å². The molecule has 2 rings (SSSR count). The molecule has 1 radical (unpaired) electrons. The lowest BCUT2D eigenvalue weighted by atomic mass is 10.0. The van der Waals surface area contributed by atoms with Gasteiger partial charge in [0, 0.05) is 28.4 Å².